The number of aromatic nitrogens is 3. The highest BCUT2D eigenvalue weighted by molar-refractivity contribution is 6.28. The van der Waals surface area contributed by atoms with Crippen molar-refractivity contribution >= 4 is 23.5 Å². The smallest absolute Gasteiger partial charge is 0.329 e. The Morgan fingerprint density at radius 2 is 2.00 bits per heavy atom. The summed E-state index contributed by atoms with van der Waals surface area (Å²) in [6, 6.07) is 0.0545. The molecule has 19 heavy (non-hydrogen) atoms. The molecule has 1 saturated carbocycles. The summed E-state index contributed by atoms with van der Waals surface area (Å²) in [6.07, 6.45) is 3.82. The lowest BCUT2D eigenvalue weighted by Gasteiger charge is -2.33. The third-order valence-corrected chi connectivity index (χ3v) is 3.41. The molecule has 2 N–H and O–H groups in total. The van der Waals surface area contributed by atoms with Gasteiger partial charge in [0.15, 0.2) is 0 Å². The molecule has 1 aliphatic rings. The fourth-order valence-corrected chi connectivity index (χ4v) is 2.39. The van der Waals surface area contributed by atoms with E-state index in [0.29, 0.717) is 12.8 Å². The van der Waals surface area contributed by atoms with Crippen molar-refractivity contribution in [3.05, 3.63) is 5.28 Å². The van der Waals surface area contributed by atoms with Gasteiger partial charge in [-0.25, -0.2) is 4.79 Å². The molecule has 1 aromatic rings. The Balaban J connectivity index is 2.26. The maximum Gasteiger partial charge on any atom is 0.329 e. The number of carboxylic acid groups (broad SMARTS) is 1. The molecule has 1 aromatic heterocycles. The van der Waals surface area contributed by atoms with Crippen LogP contribution in [0.4, 0.5) is 5.95 Å². The van der Waals surface area contributed by atoms with Gasteiger partial charge in [0, 0.05) is 0 Å². The van der Waals surface area contributed by atoms with Crippen LogP contribution >= 0.6 is 11.6 Å². The third-order valence-electron chi connectivity index (χ3n) is 3.24. The van der Waals surface area contributed by atoms with Gasteiger partial charge in [-0.3, -0.25) is 0 Å². The number of nitrogens with zero attached hydrogens (tertiary/aromatic N) is 3. The summed E-state index contributed by atoms with van der Waals surface area (Å²) >= 11 is 5.74. The van der Waals surface area contributed by atoms with Crippen LogP contribution in [0.5, 0.6) is 6.01 Å². The second kappa shape index (κ2) is 5.56. The van der Waals surface area contributed by atoms with Gasteiger partial charge in [-0.1, -0.05) is 19.3 Å². The molecule has 0 aromatic carbocycles. The predicted molar refractivity (Wildman–Crippen MR) is 68.5 cm³/mol. The highest BCUT2D eigenvalue weighted by Crippen LogP contribution is 2.31. The minimum Gasteiger partial charge on any atom is -0.480 e. The average molecular weight is 287 g/mol. The van der Waals surface area contributed by atoms with Gasteiger partial charge in [0.1, 0.15) is 5.54 Å². The molecule has 1 fully saturated rings. The predicted octanol–water partition coefficient (Wildman–Crippen LogP) is 1.73. The highest BCUT2D eigenvalue weighted by atomic mass is 35.5. The SMILES string of the molecule is COc1nc(Cl)nc(NC2(C(=O)O)CCCCC2)n1. The van der Waals surface area contributed by atoms with E-state index >= 15 is 0 Å². The van der Waals surface area contributed by atoms with Crippen LogP contribution in [0, 0.1) is 0 Å². The Bertz CT molecular complexity index is 477. The topological polar surface area (TPSA) is 97.2 Å². The van der Waals surface area contributed by atoms with E-state index < -0.39 is 11.5 Å². The standard InChI is InChI=1S/C11H15ClN4O3/c1-19-10-14-8(12)13-9(15-10)16-11(7(17)18)5-3-2-4-6-11/h2-6H2,1H3,(H,17,18)(H,13,14,15,16). The van der Waals surface area contributed by atoms with Gasteiger partial charge >= 0.3 is 12.0 Å². The fraction of sp³-hybridized carbons (Fsp3) is 0.636. The van der Waals surface area contributed by atoms with Crippen molar-refractivity contribution in [3.63, 3.8) is 0 Å². The zero-order chi connectivity index (χ0) is 13.9. The van der Waals surface area contributed by atoms with Crippen molar-refractivity contribution in [3.8, 4) is 6.01 Å². The lowest BCUT2D eigenvalue weighted by atomic mass is 9.82. The van der Waals surface area contributed by atoms with E-state index in [1.54, 1.807) is 0 Å². The van der Waals surface area contributed by atoms with Gasteiger partial charge in [0.05, 0.1) is 7.11 Å². The number of methoxy groups -OCH3 is 1. The van der Waals surface area contributed by atoms with E-state index in [2.05, 4.69) is 20.3 Å². The first-order chi connectivity index (χ1) is 9.05. The first-order valence-electron chi connectivity index (χ1n) is 6.03. The number of ether oxygens (including phenoxy) is 1. The van der Waals surface area contributed by atoms with Gasteiger partial charge in [-0.05, 0) is 24.4 Å². The van der Waals surface area contributed by atoms with E-state index in [-0.39, 0.29) is 17.2 Å². The van der Waals surface area contributed by atoms with Crippen LogP contribution in [-0.4, -0.2) is 38.7 Å². The van der Waals surface area contributed by atoms with Gasteiger partial charge in [0.25, 0.3) is 0 Å². The van der Waals surface area contributed by atoms with E-state index in [0.717, 1.165) is 19.3 Å². The second-order valence-corrected chi connectivity index (χ2v) is 4.83. The number of carbonyl (C=O) groups is 1. The molecule has 8 heteroatoms. The number of hydrogen-bond donors (Lipinski definition) is 2. The molecule has 0 spiro atoms. The number of halogens is 1. The fourth-order valence-electron chi connectivity index (χ4n) is 2.24. The summed E-state index contributed by atoms with van der Waals surface area (Å²) in [5, 5.41) is 12.3. The largest absolute Gasteiger partial charge is 0.480 e. The summed E-state index contributed by atoms with van der Waals surface area (Å²) in [6.45, 7) is 0. The Labute approximate surface area is 115 Å². The number of rotatable bonds is 4. The Morgan fingerprint density at radius 3 is 2.58 bits per heavy atom. The van der Waals surface area contributed by atoms with Crippen LogP contribution < -0.4 is 10.1 Å². The molecule has 104 valence electrons. The van der Waals surface area contributed by atoms with Gasteiger partial charge in [-0.2, -0.15) is 15.0 Å². The number of carboxylic acids is 1. The highest BCUT2D eigenvalue weighted by Gasteiger charge is 2.40. The second-order valence-electron chi connectivity index (χ2n) is 4.49. The van der Waals surface area contributed by atoms with E-state index in [4.69, 9.17) is 16.3 Å². The summed E-state index contributed by atoms with van der Waals surface area (Å²) in [5.41, 5.74) is -1.03. The summed E-state index contributed by atoms with van der Waals surface area (Å²) in [7, 11) is 1.41. The first-order valence-corrected chi connectivity index (χ1v) is 6.41. The van der Waals surface area contributed by atoms with Crippen molar-refractivity contribution in [1.29, 1.82) is 0 Å². The van der Waals surface area contributed by atoms with E-state index in [1.165, 1.54) is 7.11 Å². The van der Waals surface area contributed by atoms with Crippen LogP contribution in [0.1, 0.15) is 32.1 Å². The average Bonchev–Trinajstić information content (AvgIpc) is 2.38. The lowest BCUT2D eigenvalue weighted by Crippen LogP contribution is -2.48. The van der Waals surface area contributed by atoms with Crippen LogP contribution in [0.25, 0.3) is 0 Å². The maximum absolute atomic E-state index is 11.5. The van der Waals surface area contributed by atoms with E-state index in [9.17, 15) is 9.90 Å². The Kier molecular flexibility index (Phi) is 4.04. The number of anilines is 1. The third kappa shape index (κ3) is 3.04. The van der Waals surface area contributed by atoms with Gasteiger partial charge < -0.3 is 15.2 Å². The van der Waals surface area contributed by atoms with Crippen molar-refractivity contribution in [2.75, 3.05) is 12.4 Å². The number of nitrogens with one attached hydrogen (secondary N) is 1. The van der Waals surface area contributed by atoms with Crippen molar-refractivity contribution in [2.45, 2.75) is 37.6 Å². The Hall–Kier alpha value is -1.63. The van der Waals surface area contributed by atoms with Crippen LogP contribution in [0.15, 0.2) is 0 Å². The number of aliphatic carboxylic acids is 1. The summed E-state index contributed by atoms with van der Waals surface area (Å²) in [5.74, 6) is -0.774. The number of hydrogen-bond acceptors (Lipinski definition) is 6. The molecule has 0 unspecified atom stereocenters. The molecule has 0 radical (unpaired) electrons. The molecule has 1 heterocycles. The zero-order valence-electron chi connectivity index (χ0n) is 10.5. The summed E-state index contributed by atoms with van der Waals surface area (Å²) in [4.78, 5) is 23.1. The maximum atomic E-state index is 11.5. The van der Waals surface area contributed by atoms with Crippen LogP contribution in [-0.2, 0) is 4.79 Å². The molecule has 0 amide bonds. The molecule has 7 nitrogen and oxygen atoms in total. The molecular weight excluding hydrogens is 272 g/mol. The monoisotopic (exact) mass is 286 g/mol. The molecule has 2 rings (SSSR count). The van der Waals surface area contributed by atoms with Gasteiger partial charge in [0.2, 0.25) is 11.2 Å². The lowest BCUT2D eigenvalue weighted by molar-refractivity contribution is -0.143. The van der Waals surface area contributed by atoms with Gasteiger partial charge in [-0.15, -0.1) is 0 Å². The minimum atomic E-state index is -1.03. The van der Waals surface area contributed by atoms with Crippen LogP contribution in [0.2, 0.25) is 5.28 Å². The molecule has 0 aliphatic heterocycles. The van der Waals surface area contributed by atoms with Crippen molar-refractivity contribution < 1.29 is 14.6 Å². The van der Waals surface area contributed by atoms with E-state index in [1.807, 2.05) is 0 Å². The van der Waals surface area contributed by atoms with Crippen LogP contribution in [0.3, 0.4) is 0 Å². The quantitative estimate of drug-likeness (QED) is 0.870. The molecular formula is C11H15ClN4O3. The zero-order valence-corrected chi connectivity index (χ0v) is 11.3. The molecule has 1 aliphatic carbocycles. The van der Waals surface area contributed by atoms with Crippen molar-refractivity contribution in [1.82, 2.24) is 15.0 Å². The minimum absolute atomic E-state index is 0.0364. The first kappa shape index (κ1) is 13.8. The Morgan fingerprint density at radius 1 is 1.32 bits per heavy atom. The molecule has 0 atom stereocenters. The van der Waals surface area contributed by atoms with Crippen molar-refractivity contribution in [2.24, 2.45) is 0 Å². The molecule has 0 bridgehead atoms. The summed E-state index contributed by atoms with van der Waals surface area (Å²) < 4.78 is 4.88. The molecule has 0 saturated heterocycles. The normalized spacial score (nSPS) is 17.8.